The maximum absolute atomic E-state index is 5.98. The standard InChI is InChI=1S/C18H18BNO/c1-14(19)12-20-11-10-16-17(20)8-5-9-18(16)21-13-15-6-3-2-4-7-15/h2-11,14H,12-13H2,1H3/t14-/m1/s1. The molecule has 1 heterocycles. The zero-order valence-electron chi connectivity index (χ0n) is 12.2. The van der Waals surface area contributed by atoms with E-state index >= 15 is 0 Å². The summed E-state index contributed by atoms with van der Waals surface area (Å²) in [6, 6.07) is 18.4. The van der Waals surface area contributed by atoms with Crippen LogP contribution < -0.4 is 4.74 Å². The molecule has 2 nitrogen and oxygen atoms in total. The molecule has 3 rings (SSSR count). The predicted molar refractivity (Wildman–Crippen MR) is 87.9 cm³/mol. The van der Waals surface area contributed by atoms with Crippen LogP contribution >= 0.6 is 0 Å². The van der Waals surface area contributed by atoms with E-state index in [9.17, 15) is 0 Å². The highest BCUT2D eigenvalue weighted by Gasteiger charge is 2.07. The molecule has 21 heavy (non-hydrogen) atoms. The Morgan fingerprint density at radius 3 is 2.62 bits per heavy atom. The average Bonchev–Trinajstić information content (AvgIpc) is 2.89. The maximum Gasteiger partial charge on any atom is 0.129 e. The van der Waals surface area contributed by atoms with Crippen LogP contribution in [0.15, 0.2) is 60.8 Å². The van der Waals surface area contributed by atoms with Crippen LogP contribution in [0, 0.1) is 0 Å². The molecule has 104 valence electrons. The number of rotatable bonds is 5. The summed E-state index contributed by atoms with van der Waals surface area (Å²) in [6.45, 7) is 3.41. The Bertz CT molecular complexity index is 718. The molecule has 0 spiro atoms. The summed E-state index contributed by atoms with van der Waals surface area (Å²) in [7, 11) is 5.90. The molecule has 0 unspecified atom stereocenters. The van der Waals surface area contributed by atoms with Gasteiger partial charge in [-0.3, -0.25) is 0 Å². The van der Waals surface area contributed by atoms with E-state index in [1.807, 2.05) is 37.3 Å². The van der Waals surface area contributed by atoms with E-state index in [4.69, 9.17) is 12.6 Å². The van der Waals surface area contributed by atoms with Gasteiger partial charge in [-0.15, -0.1) is 0 Å². The molecule has 2 radical (unpaired) electrons. The molecule has 0 saturated heterocycles. The fourth-order valence-corrected chi connectivity index (χ4v) is 2.53. The van der Waals surface area contributed by atoms with Crippen molar-refractivity contribution in [3.05, 3.63) is 66.4 Å². The molecule has 3 heteroatoms. The van der Waals surface area contributed by atoms with Crippen molar-refractivity contribution in [1.29, 1.82) is 0 Å². The maximum atomic E-state index is 5.98. The van der Waals surface area contributed by atoms with Crippen LogP contribution in [0.3, 0.4) is 0 Å². The van der Waals surface area contributed by atoms with Gasteiger partial charge in [0.25, 0.3) is 0 Å². The van der Waals surface area contributed by atoms with Crippen molar-refractivity contribution in [2.24, 2.45) is 0 Å². The number of hydrogen-bond donors (Lipinski definition) is 0. The van der Waals surface area contributed by atoms with Crippen molar-refractivity contribution in [3.8, 4) is 5.75 Å². The minimum Gasteiger partial charge on any atom is -0.488 e. The van der Waals surface area contributed by atoms with Crippen molar-refractivity contribution in [2.45, 2.75) is 25.9 Å². The molecule has 0 amide bonds. The van der Waals surface area contributed by atoms with Gasteiger partial charge in [0.05, 0.1) is 13.4 Å². The van der Waals surface area contributed by atoms with Gasteiger partial charge in [-0.05, 0) is 23.8 Å². The molecule has 1 atom stereocenters. The highest BCUT2D eigenvalue weighted by atomic mass is 16.5. The van der Waals surface area contributed by atoms with Crippen LogP contribution in [0.25, 0.3) is 10.9 Å². The second-order valence-corrected chi connectivity index (χ2v) is 5.41. The van der Waals surface area contributed by atoms with Crippen LogP contribution in [-0.2, 0) is 13.2 Å². The van der Waals surface area contributed by atoms with E-state index in [1.54, 1.807) is 0 Å². The molecule has 0 aliphatic heterocycles. The van der Waals surface area contributed by atoms with Gasteiger partial charge in [0, 0.05) is 18.1 Å². The summed E-state index contributed by atoms with van der Waals surface area (Å²) >= 11 is 0. The highest BCUT2D eigenvalue weighted by Crippen LogP contribution is 2.28. The average molecular weight is 275 g/mol. The quantitative estimate of drug-likeness (QED) is 0.636. The minimum absolute atomic E-state index is 0.134. The number of ether oxygens (including phenoxy) is 1. The molecule has 0 aliphatic rings. The van der Waals surface area contributed by atoms with E-state index in [0.717, 1.165) is 23.2 Å². The first-order valence-corrected chi connectivity index (χ1v) is 7.24. The lowest BCUT2D eigenvalue weighted by molar-refractivity contribution is 0.310. The Kier molecular flexibility index (Phi) is 4.00. The smallest absolute Gasteiger partial charge is 0.129 e. The van der Waals surface area contributed by atoms with Gasteiger partial charge in [0.1, 0.15) is 12.4 Å². The molecule has 0 bridgehead atoms. The molecular weight excluding hydrogens is 257 g/mol. The molecule has 0 fully saturated rings. The van der Waals surface area contributed by atoms with Gasteiger partial charge in [0.15, 0.2) is 0 Å². The van der Waals surface area contributed by atoms with E-state index in [1.165, 1.54) is 5.56 Å². The largest absolute Gasteiger partial charge is 0.488 e. The monoisotopic (exact) mass is 275 g/mol. The molecule has 0 saturated carbocycles. The van der Waals surface area contributed by atoms with Crippen molar-refractivity contribution in [2.75, 3.05) is 0 Å². The van der Waals surface area contributed by atoms with Crippen LogP contribution in [0.2, 0.25) is 5.82 Å². The SMILES string of the molecule is [B][C@H](C)Cn1ccc2c(OCc3ccccc3)cccc21. The van der Waals surface area contributed by atoms with Gasteiger partial charge >= 0.3 is 0 Å². The molecular formula is C18H18BNO. The molecule has 0 N–H and O–H groups in total. The minimum atomic E-state index is 0.134. The topological polar surface area (TPSA) is 14.2 Å². The summed E-state index contributed by atoms with van der Waals surface area (Å²) in [5.74, 6) is 1.05. The first-order chi connectivity index (χ1) is 10.2. The van der Waals surface area contributed by atoms with E-state index < -0.39 is 0 Å². The van der Waals surface area contributed by atoms with Gasteiger partial charge in [0.2, 0.25) is 0 Å². The first kappa shape index (κ1) is 13.8. The Morgan fingerprint density at radius 1 is 1.05 bits per heavy atom. The van der Waals surface area contributed by atoms with E-state index in [-0.39, 0.29) is 5.82 Å². The van der Waals surface area contributed by atoms with Gasteiger partial charge in [-0.1, -0.05) is 49.1 Å². The van der Waals surface area contributed by atoms with Gasteiger partial charge in [-0.2, -0.15) is 0 Å². The zero-order valence-corrected chi connectivity index (χ0v) is 12.2. The van der Waals surface area contributed by atoms with Crippen LogP contribution in [-0.4, -0.2) is 12.4 Å². The zero-order chi connectivity index (χ0) is 14.7. The second-order valence-electron chi connectivity index (χ2n) is 5.41. The predicted octanol–water partition coefficient (Wildman–Crippen LogP) is 4.20. The second kappa shape index (κ2) is 6.09. The summed E-state index contributed by atoms with van der Waals surface area (Å²) in [6.07, 6.45) is 2.07. The molecule has 3 aromatic rings. The Labute approximate surface area is 126 Å². The Balaban J connectivity index is 1.84. The lowest BCUT2D eigenvalue weighted by Gasteiger charge is -2.10. The van der Waals surface area contributed by atoms with Gasteiger partial charge in [-0.25, -0.2) is 0 Å². The fourth-order valence-electron chi connectivity index (χ4n) is 2.53. The first-order valence-electron chi connectivity index (χ1n) is 7.24. The highest BCUT2D eigenvalue weighted by molar-refractivity contribution is 6.11. The van der Waals surface area contributed by atoms with Crippen molar-refractivity contribution in [1.82, 2.24) is 4.57 Å². The van der Waals surface area contributed by atoms with Gasteiger partial charge < -0.3 is 9.30 Å². The lowest BCUT2D eigenvalue weighted by atomic mass is 9.90. The number of benzene rings is 2. The van der Waals surface area contributed by atoms with Crippen molar-refractivity contribution >= 4 is 18.7 Å². The third-order valence-electron chi connectivity index (χ3n) is 3.50. The number of nitrogens with zero attached hydrogens (tertiary/aromatic N) is 1. The molecule has 1 aromatic heterocycles. The van der Waals surface area contributed by atoms with Crippen LogP contribution in [0.4, 0.5) is 0 Å². The van der Waals surface area contributed by atoms with E-state index in [2.05, 4.69) is 35.0 Å². The number of hydrogen-bond acceptors (Lipinski definition) is 1. The van der Waals surface area contributed by atoms with Crippen molar-refractivity contribution in [3.63, 3.8) is 0 Å². The number of fused-ring (bicyclic) bond motifs is 1. The summed E-state index contributed by atoms with van der Waals surface area (Å²) in [4.78, 5) is 0. The third-order valence-corrected chi connectivity index (χ3v) is 3.50. The molecule has 2 aromatic carbocycles. The Hall–Kier alpha value is -2.16. The lowest BCUT2D eigenvalue weighted by Crippen LogP contribution is -2.01. The fraction of sp³-hybridized carbons (Fsp3) is 0.222. The van der Waals surface area contributed by atoms with Crippen LogP contribution in [0.5, 0.6) is 5.75 Å². The van der Waals surface area contributed by atoms with E-state index in [0.29, 0.717) is 6.61 Å². The van der Waals surface area contributed by atoms with Crippen LogP contribution in [0.1, 0.15) is 12.5 Å². The normalized spacial score (nSPS) is 12.4. The Morgan fingerprint density at radius 2 is 1.86 bits per heavy atom. The van der Waals surface area contributed by atoms with Crippen molar-refractivity contribution < 1.29 is 4.74 Å². The molecule has 0 aliphatic carbocycles. The third kappa shape index (κ3) is 3.13. The number of aromatic nitrogens is 1. The summed E-state index contributed by atoms with van der Waals surface area (Å²) in [5.41, 5.74) is 2.34. The summed E-state index contributed by atoms with van der Waals surface area (Å²) < 4.78 is 8.16. The summed E-state index contributed by atoms with van der Waals surface area (Å²) in [5, 5.41) is 1.13.